The molecule has 3 heterocycles. The second-order valence-electron chi connectivity index (χ2n) is 7.91. The van der Waals surface area contributed by atoms with Crippen LogP contribution in [0.15, 0.2) is 60.8 Å². The second kappa shape index (κ2) is 8.24. The van der Waals surface area contributed by atoms with Gasteiger partial charge < -0.3 is 19.8 Å². The van der Waals surface area contributed by atoms with Crippen molar-refractivity contribution in [3.63, 3.8) is 0 Å². The van der Waals surface area contributed by atoms with E-state index in [1.807, 2.05) is 54.7 Å². The minimum Gasteiger partial charge on any atom is -0.454 e. The lowest BCUT2D eigenvalue weighted by Gasteiger charge is -2.32. The van der Waals surface area contributed by atoms with Gasteiger partial charge in [-0.3, -0.25) is 9.69 Å². The Hall–Kier alpha value is -3.25. The average molecular weight is 403 g/mol. The molecule has 6 heteroatoms. The van der Waals surface area contributed by atoms with Crippen LogP contribution in [-0.4, -0.2) is 35.7 Å². The number of fused-ring (bicyclic) bond motifs is 1. The van der Waals surface area contributed by atoms with Crippen molar-refractivity contribution in [2.75, 3.05) is 25.2 Å². The van der Waals surface area contributed by atoms with Crippen molar-refractivity contribution < 1.29 is 14.3 Å². The van der Waals surface area contributed by atoms with Gasteiger partial charge in [0.05, 0.1) is 5.92 Å². The van der Waals surface area contributed by atoms with E-state index in [1.54, 1.807) is 0 Å². The van der Waals surface area contributed by atoms with E-state index in [9.17, 15) is 4.79 Å². The van der Waals surface area contributed by atoms with Crippen LogP contribution in [-0.2, 0) is 11.3 Å². The molecular formula is C24H25N3O3. The first-order chi connectivity index (χ1) is 14.7. The maximum atomic E-state index is 12.9. The Balaban J connectivity index is 1.19. The van der Waals surface area contributed by atoms with Crippen molar-refractivity contribution in [1.29, 1.82) is 0 Å². The molecule has 2 aliphatic rings. The van der Waals surface area contributed by atoms with Crippen molar-refractivity contribution in [2.45, 2.75) is 19.4 Å². The molecule has 0 spiro atoms. The molecule has 1 fully saturated rings. The molecular weight excluding hydrogens is 378 g/mol. The van der Waals surface area contributed by atoms with Gasteiger partial charge >= 0.3 is 0 Å². The van der Waals surface area contributed by atoms with Crippen molar-refractivity contribution in [3.8, 4) is 22.8 Å². The Bertz CT molecular complexity index is 1010. The summed E-state index contributed by atoms with van der Waals surface area (Å²) in [6.07, 6.45) is 3.85. The lowest BCUT2D eigenvalue weighted by molar-refractivity contribution is -0.121. The number of nitrogens with one attached hydrogen (secondary N) is 2. The lowest BCUT2D eigenvalue weighted by atomic mass is 9.96. The van der Waals surface area contributed by atoms with E-state index in [1.165, 1.54) is 5.56 Å². The number of carbonyl (C=O) groups is 1. The van der Waals surface area contributed by atoms with Gasteiger partial charge in [-0.05, 0) is 66.9 Å². The molecule has 0 radical (unpaired) electrons. The number of likely N-dealkylation sites (tertiary alicyclic amines) is 1. The van der Waals surface area contributed by atoms with Crippen LogP contribution < -0.4 is 14.8 Å². The Morgan fingerprint density at radius 1 is 1.10 bits per heavy atom. The number of aromatic nitrogens is 1. The van der Waals surface area contributed by atoms with Gasteiger partial charge in [0.1, 0.15) is 0 Å². The van der Waals surface area contributed by atoms with Gasteiger partial charge in [-0.15, -0.1) is 0 Å². The summed E-state index contributed by atoms with van der Waals surface area (Å²) >= 11 is 0. The van der Waals surface area contributed by atoms with E-state index < -0.39 is 0 Å². The van der Waals surface area contributed by atoms with Gasteiger partial charge in [-0.2, -0.15) is 0 Å². The molecule has 0 bridgehead atoms. The van der Waals surface area contributed by atoms with Gasteiger partial charge in [0.25, 0.3) is 0 Å². The number of piperidine rings is 1. The second-order valence-corrected chi connectivity index (χ2v) is 7.91. The SMILES string of the molecule is O=C(Nc1ccc(-c2ccc[nH]2)cc1)[C@H]1CCCN(Cc2ccc3c(c2)OCO3)C1. The van der Waals surface area contributed by atoms with Crippen molar-refractivity contribution >= 4 is 11.6 Å². The number of nitrogens with zero attached hydrogens (tertiary/aromatic N) is 1. The molecule has 5 rings (SSSR count). The fraction of sp³-hybridized carbons (Fsp3) is 0.292. The first-order valence-electron chi connectivity index (χ1n) is 10.4. The van der Waals surface area contributed by atoms with Gasteiger partial charge in [-0.25, -0.2) is 0 Å². The minimum atomic E-state index is -0.00385. The van der Waals surface area contributed by atoms with Crippen LogP contribution in [0, 0.1) is 5.92 Å². The number of benzene rings is 2. The van der Waals surface area contributed by atoms with Gasteiger partial charge in [0.15, 0.2) is 11.5 Å². The summed E-state index contributed by atoms with van der Waals surface area (Å²) in [5.74, 6) is 1.70. The summed E-state index contributed by atoms with van der Waals surface area (Å²) in [4.78, 5) is 18.4. The van der Waals surface area contributed by atoms with Crippen LogP contribution in [0.1, 0.15) is 18.4 Å². The Morgan fingerprint density at radius 3 is 2.80 bits per heavy atom. The molecule has 2 N–H and O–H groups in total. The molecule has 2 aliphatic heterocycles. The Kier molecular flexibility index (Phi) is 5.15. The van der Waals surface area contributed by atoms with Gasteiger partial charge in [-0.1, -0.05) is 18.2 Å². The first-order valence-corrected chi connectivity index (χ1v) is 10.4. The number of hydrogen-bond acceptors (Lipinski definition) is 4. The number of aromatic amines is 1. The summed E-state index contributed by atoms with van der Waals surface area (Å²) in [6.45, 7) is 2.87. The molecule has 6 nitrogen and oxygen atoms in total. The van der Waals surface area contributed by atoms with E-state index in [2.05, 4.69) is 21.3 Å². The molecule has 1 amide bonds. The highest BCUT2D eigenvalue weighted by atomic mass is 16.7. The van der Waals surface area contributed by atoms with Crippen LogP contribution in [0.5, 0.6) is 11.5 Å². The summed E-state index contributed by atoms with van der Waals surface area (Å²) in [6, 6.07) is 18.0. The number of hydrogen-bond donors (Lipinski definition) is 2. The number of carbonyl (C=O) groups excluding carboxylic acids is 1. The topological polar surface area (TPSA) is 66.6 Å². The van der Waals surface area contributed by atoms with Crippen LogP contribution in [0.4, 0.5) is 5.69 Å². The number of H-pyrrole nitrogens is 1. The van der Waals surface area contributed by atoms with Crippen LogP contribution in [0.3, 0.4) is 0 Å². The monoisotopic (exact) mass is 403 g/mol. The zero-order chi connectivity index (χ0) is 20.3. The van der Waals surface area contributed by atoms with Crippen LogP contribution in [0.25, 0.3) is 11.3 Å². The molecule has 1 saturated heterocycles. The fourth-order valence-corrected chi connectivity index (χ4v) is 4.20. The van der Waals surface area contributed by atoms with E-state index in [0.717, 1.165) is 60.9 Å². The first kappa shape index (κ1) is 18.8. The lowest BCUT2D eigenvalue weighted by Crippen LogP contribution is -2.40. The van der Waals surface area contributed by atoms with E-state index >= 15 is 0 Å². The van der Waals surface area contributed by atoms with Crippen molar-refractivity contribution in [1.82, 2.24) is 9.88 Å². The standard InChI is InChI=1S/C24H25N3O3/c28-24(26-20-8-6-18(7-9-20)21-4-1-11-25-21)19-3-2-12-27(15-19)14-17-5-10-22-23(13-17)30-16-29-22/h1,4-11,13,19,25H,2-3,12,14-16H2,(H,26,28)/t19-/m0/s1. The molecule has 1 aromatic heterocycles. The minimum absolute atomic E-state index is 0.00385. The highest BCUT2D eigenvalue weighted by Gasteiger charge is 2.26. The smallest absolute Gasteiger partial charge is 0.231 e. The third-order valence-electron chi connectivity index (χ3n) is 5.78. The predicted molar refractivity (Wildman–Crippen MR) is 115 cm³/mol. The average Bonchev–Trinajstić information content (AvgIpc) is 3.46. The molecule has 3 aromatic rings. The van der Waals surface area contributed by atoms with Gasteiger partial charge in [0, 0.05) is 30.7 Å². The molecule has 30 heavy (non-hydrogen) atoms. The molecule has 154 valence electrons. The maximum Gasteiger partial charge on any atom is 0.231 e. The summed E-state index contributed by atoms with van der Waals surface area (Å²) < 4.78 is 10.9. The number of ether oxygens (including phenoxy) is 2. The van der Waals surface area contributed by atoms with E-state index in [0.29, 0.717) is 0 Å². The normalized spacial score (nSPS) is 18.3. The Labute approximate surface area is 175 Å². The third-order valence-corrected chi connectivity index (χ3v) is 5.78. The number of anilines is 1. The Morgan fingerprint density at radius 2 is 1.97 bits per heavy atom. The summed E-state index contributed by atoms with van der Waals surface area (Å²) in [5, 5.41) is 3.09. The quantitative estimate of drug-likeness (QED) is 0.668. The highest BCUT2D eigenvalue weighted by molar-refractivity contribution is 5.93. The molecule has 2 aromatic carbocycles. The van der Waals surface area contributed by atoms with Crippen molar-refractivity contribution in [3.05, 3.63) is 66.4 Å². The maximum absolute atomic E-state index is 12.9. The zero-order valence-corrected chi connectivity index (χ0v) is 16.8. The number of amides is 1. The summed E-state index contributed by atoms with van der Waals surface area (Å²) in [7, 11) is 0. The highest BCUT2D eigenvalue weighted by Crippen LogP contribution is 2.33. The summed E-state index contributed by atoms with van der Waals surface area (Å²) in [5.41, 5.74) is 4.19. The van der Waals surface area contributed by atoms with E-state index in [4.69, 9.17) is 9.47 Å². The van der Waals surface area contributed by atoms with Crippen LogP contribution in [0.2, 0.25) is 0 Å². The van der Waals surface area contributed by atoms with E-state index in [-0.39, 0.29) is 18.6 Å². The largest absolute Gasteiger partial charge is 0.454 e. The zero-order valence-electron chi connectivity index (χ0n) is 16.8. The van der Waals surface area contributed by atoms with Crippen molar-refractivity contribution in [2.24, 2.45) is 5.92 Å². The molecule has 0 aliphatic carbocycles. The molecule has 0 unspecified atom stereocenters. The molecule has 1 atom stereocenters. The predicted octanol–water partition coefficient (Wildman–Crippen LogP) is 4.26. The van der Waals surface area contributed by atoms with Gasteiger partial charge in [0.2, 0.25) is 12.7 Å². The fourth-order valence-electron chi connectivity index (χ4n) is 4.20. The molecule has 0 saturated carbocycles. The number of rotatable bonds is 5. The van der Waals surface area contributed by atoms with Crippen LogP contribution >= 0.6 is 0 Å². The third kappa shape index (κ3) is 4.04.